The Kier molecular flexibility index (Phi) is 2.30. The van der Waals surface area contributed by atoms with Gasteiger partial charge in [-0.05, 0) is 20.4 Å². The monoisotopic (exact) mass is 166 g/mol. The molecule has 0 saturated heterocycles. The largest absolute Gasteiger partial charge is 0.365 e. The van der Waals surface area contributed by atoms with Crippen LogP contribution in [0.25, 0.3) is 0 Å². The van der Waals surface area contributed by atoms with E-state index in [0.717, 1.165) is 0 Å². The molecule has 0 aromatic rings. The van der Waals surface area contributed by atoms with Crippen molar-refractivity contribution >= 4 is 15.6 Å². The van der Waals surface area contributed by atoms with Crippen LogP contribution in [0.4, 0.5) is 0 Å². The molecule has 0 fully saturated rings. The van der Waals surface area contributed by atoms with Crippen LogP contribution in [0.5, 0.6) is 0 Å². The molecule has 0 atom stereocenters. The molecular formula is C8H17BNSi. The molecule has 1 rings (SSSR count). The van der Waals surface area contributed by atoms with Crippen LogP contribution in [-0.2, 0) is 0 Å². The van der Waals surface area contributed by atoms with Gasteiger partial charge >= 0.3 is 0 Å². The Hall–Kier alpha value is -0.0182. The van der Waals surface area contributed by atoms with Crippen LogP contribution < -0.4 is 0 Å². The van der Waals surface area contributed by atoms with E-state index < -0.39 is 8.24 Å². The van der Waals surface area contributed by atoms with Crippen molar-refractivity contribution in [2.24, 2.45) is 0 Å². The summed E-state index contributed by atoms with van der Waals surface area (Å²) in [7, 11) is 3.35. The fourth-order valence-corrected chi connectivity index (χ4v) is 3.54. The van der Waals surface area contributed by atoms with Gasteiger partial charge in [-0.2, -0.15) is 0 Å². The molecule has 0 spiro atoms. The van der Waals surface area contributed by atoms with E-state index in [1.807, 2.05) is 0 Å². The molecule has 3 heteroatoms. The highest BCUT2D eigenvalue weighted by Gasteiger charge is 2.36. The molecule has 0 saturated carbocycles. The molecule has 1 radical (unpaired) electrons. The number of hydrogen-bond acceptors (Lipinski definition) is 1. The summed E-state index contributed by atoms with van der Waals surface area (Å²) >= 11 is 0. The smallest absolute Gasteiger partial charge is 0.235 e. The first kappa shape index (κ1) is 9.07. The van der Waals surface area contributed by atoms with Crippen molar-refractivity contribution in [2.75, 3.05) is 7.05 Å². The van der Waals surface area contributed by atoms with E-state index in [2.05, 4.69) is 45.9 Å². The normalized spacial score (nSPS) is 24.1. The molecular weight excluding hydrogens is 149 g/mol. The lowest BCUT2D eigenvalue weighted by Gasteiger charge is -2.27. The Morgan fingerprint density at radius 3 is 2.18 bits per heavy atom. The molecule has 1 nitrogen and oxygen atoms in total. The summed E-state index contributed by atoms with van der Waals surface area (Å²) in [5.74, 6) is 0. The van der Waals surface area contributed by atoms with Gasteiger partial charge in [0.05, 0.1) is 0 Å². The Labute approximate surface area is 71.8 Å². The molecule has 0 aliphatic carbocycles. The molecule has 0 unspecified atom stereocenters. The fraction of sp³-hybridized carbons (Fsp3) is 0.750. The molecule has 11 heavy (non-hydrogen) atoms. The first-order valence-corrected chi connectivity index (χ1v) is 7.23. The van der Waals surface area contributed by atoms with Crippen molar-refractivity contribution in [3.05, 3.63) is 10.7 Å². The first-order valence-electron chi connectivity index (χ1n) is 4.28. The number of nitrogens with zero attached hydrogens (tertiary/aromatic N) is 1. The molecule has 0 amide bonds. The van der Waals surface area contributed by atoms with Gasteiger partial charge in [0.25, 0.3) is 0 Å². The third kappa shape index (κ3) is 1.32. The number of hydrogen-bond donors (Lipinski definition) is 0. The predicted molar refractivity (Wildman–Crippen MR) is 54.0 cm³/mol. The maximum atomic E-state index is 2.43. The molecule has 61 valence electrons. The summed E-state index contributed by atoms with van der Waals surface area (Å²) < 4.78 is 2.43. The quantitative estimate of drug-likeness (QED) is 0.538. The van der Waals surface area contributed by atoms with Crippen molar-refractivity contribution in [3.63, 3.8) is 0 Å². The van der Waals surface area contributed by atoms with Crippen molar-refractivity contribution in [1.82, 2.24) is 4.48 Å². The van der Waals surface area contributed by atoms with Gasteiger partial charge in [-0.3, -0.25) is 0 Å². The van der Waals surface area contributed by atoms with E-state index in [1.165, 1.54) is 6.42 Å². The van der Waals surface area contributed by atoms with Crippen molar-refractivity contribution in [2.45, 2.75) is 33.4 Å². The fourth-order valence-electron chi connectivity index (χ4n) is 1.51. The highest BCUT2D eigenvalue weighted by molar-refractivity contribution is 6.90. The number of allylic oxidation sites excluding steroid dienone is 2. The van der Waals surface area contributed by atoms with Gasteiger partial charge in [0.2, 0.25) is 7.41 Å². The van der Waals surface area contributed by atoms with Gasteiger partial charge in [-0.15, -0.1) is 0 Å². The molecule has 0 aromatic carbocycles. The van der Waals surface area contributed by atoms with Gasteiger partial charge in [0.1, 0.15) is 8.24 Å². The Balaban J connectivity index is 2.92. The van der Waals surface area contributed by atoms with Gasteiger partial charge in [0, 0.05) is 0 Å². The predicted octanol–water partition coefficient (Wildman–Crippen LogP) is 1.98. The van der Waals surface area contributed by atoms with Crippen LogP contribution in [0.3, 0.4) is 0 Å². The summed E-state index contributed by atoms with van der Waals surface area (Å²) in [6, 6.07) is 0. The lowest BCUT2D eigenvalue weighted by atomic mass is 9.81. The van der Waals surface area contributed by atoms with E-state index >= 15 is 0 Å². The molecule has 0 aromatic heterocycles. The maximum absolute atomic E-state index is 2.43. The van der Waals surface area contributed by atoms with Gasteiger partial charge in [-0.1, -0.05) is 30.7 Å². The van der Waals surface area contributed by atoms with Gasteiger partial charge in [0.15, 0.2) is 0 Å². The topological polar surface area (TPSA) is 3.24 Å². The standard InChI is InChI=1S/C8H17BNSi/c1-6-8-7(2)11(4,5)10(3)9-8/h6H2,1-5H3. The van der Waals surface area contributed by atoms with Crippen LogP contribution >= 0.6 is 0 Å². The molecule has 1 aliphatic rings. The summed E-state index contributed by atoms with van der Waals surface area (Å²) in [6.07, 6.45) is 1.19. The zero-order chi connectivity index (χ0) is 8.65. The lowest BCUT2D eigenvalue weighted by molar-refractivity contribution is 0.818. The second kappa shape index (κ2) is 2.79. The van der Waals surface area contributed by atoms with E-state index in [1.54, 1.807) is 10.7 Å². The van der Waals surface area contributed by atoms with Crippen LogP contribution in [-0.4, -0.2) is 27.2 Å². The second-order valence-electron chi connectivity index (χ2n) is 3.80. The number of rotatable bonds is 1. The van der Waals surface area contributed by atoms with E-state index in [4.69, 9.17) is 0 Å². The lowest BCUT2D eigenvalue weighted by Crippen LogP contribution is -2.44. The minimum atomic E-state index is -1.17. The Morgan fingerprint density at radius 2 is 2.00 bits per heavy atom. The zero-order valence-corrected chi connectivity index (χ0v) is 9.23. The first-order chi connectivity index (χ1) is 5.00. The van der Waals surface area contributed by atoms with Crippen molar-refractivity contribution in [1.29, 1.82) is 0 Å². The summed E-state index contributed by atoms with van der Waals surface area (Å²) in [5, 5.41) is 1.66. The van der Waals surface area contributed by atoms with Crippen molar-refractivity contribution < 1.29 is 0 Å². The highest BCUT2D eigenvalue weighted by Crippen LogP contribution is 2.28. The SMILES string of the molecule is CCC1=C(C)[Si](C)(C)N(C)[B]1. The van der Waals surface area contributed by atoms with Crippen LogP contribution in [0.15, 0.2) is 10.7 Å². The molecule has 1 heterocycles. The minimum Gasteiger partial charge on any atom is -0.365 e. The average molecular weight is 166 g/mol. The third-order valence-corrected chi connectivity index (χ3v) is 7.06. The molecule has 0 N–H and O–H groups in total. The van der Waals surface area contributed by atoms with Crippen molar-refractivity contribution in [3.8, 4) is 0 Å². The van der Waals surface area contributed by atoms with Crippen LogP contribution in [0, 0.1) is 0 Å². The molecule has 1 aliphatic heterocycles. The van der Waals surface area contributed by atoms with Crippen LogP contribution in [0.1, 0.15) is 20.3 Å². The Morgan fingerprint density at radius 1 is 1.45 bits per heavy atom. The second-order valence-corrected chi connectivity index (χ2v) is 8.38. The summed E-state index contributed by atoms with van der Waals surface area (Å²) in [6.45, 7) is 9.34. The van der Waals surface area contributed by atoms with Gasteiger partial charge < -0.3 is 4.48 Å². The molecule has 0 bridgehead atoms. The van der Waals surface area contributed by atoms with E-state index in [9.17, 15) is 0 Å². The Bertz CT molecular complexity index is 198. The summed E-state index contributed by atoms with van der Waals surface area (Å²) in [5.41, 5.74) is 1.56. The zero-order valence-electron chi connectivity index (χ0n) is 8.23. The highest BCUT2D eigenvalue weighted by atomic mass is 28.3. The van der Waals surface area contributed by atoms with Crippen LogP contribution in [0.2, 0.25) is 13.1 Å². The van der Waals surface area contributed by atoms with E-state index in [0.29, 0.717) is 0 Å². The average Bonchev–Trinajstić information content (AvgIpc) is 2.14. The minimum absolute atomic E-state index is 1.17. The van der Waals surface area contributed by atoms with E-state index in [-0.39, 0.29) is 0 Å². The third-order valence-electron chi connectivity index (χ3n) is 3.01. The maximum Gasteiger partial charge on any atom is 0.235 e. The van der Waals surface area contributed by atoms with Gasteiger partial charge in [-0.25, -0.2) is 0 Å². The summed E-state index contributed by atoms with van der Waals surface area (Å²) in [4.78, 5) is 0.